The third-order valence-electron chi connectivity index (χ3n) is 29.6. The first-order valence-electron chi connectivity index (χ1n) is 51.2. The molecule has 32 heteroatoms. The molecular formula is C117H136Cl3NO28. The predicted octanol–water partition coefficient (Wildman–Crippen LogP) is 10.9. The van der Waals surface area contributed by atoms with Crippen molar-refractivity contribution in [2.24, 2.45) is 0 Å². The Kier molecular flexibility index (Phi) is 40.7. The number of aliphatic hydroxyl groups excluding tert-OH is 20. The van der Waals surface area contributed by atoms with Gasteiger partial charge in [0.2, 0.25) is 0 Å². The molecule has 20 N–H and O–H groups in total. The van der Waals surface area contributed by atoms with Crippen LogP contribution in [0.1, 0.15) is 232 Å². The molecule has 4 aliphatic carbocycles. The van der Waals surface area contributed by atoms with E-state index in [2.05, 4.69) is 48.4 Å². The van der Waals surface area contributed by atoms with Crippen molar-refractivity contribution in [3.8, 4) is 35.7 Å². The summed E-state index contributed by atoms with van der Waals surface area (Å²) in [5, 5.41) is 211. The van der Waals surface area contributed by atoms with Gasteiger partial charge < -0.3 is 140 Å². The second-order valence-electron chi connectivity index (χ2n) is 40.3. The third-order valence-corrected chi connectivity index (χ3v) is 30.7. The van der Waals surface area contributed by atoms with Gasteiger partial charge >= 0.3 is 0 Å². The summed E-state index contributed by atoms with van der Waals surface area (Å²) in [6, 6.07) is 69.0. The van der Waals surface area contributed by atoms with Gasteiger partial charge in [0.25, 0.3) is 0 Å². The molecule has 9 fully saturated rings. The maximum Gasteiger partial charge on any atom is 0.119 e. The van der Waals surface area contributed by atoms with Gasteiger partial charge in [-0.2, -0.15) is 5.26 Å². The second kappa shape index (κ2) is 53.4. The van der Waals surface area contributed by atoms with Crippen LogP contribution in [0.4, 0.5) is 0 Å². The van der Waals surface area contributed by atoms with E-state index in [1.807, 2.05) is 122 Å². The first kappa shape index (κ1) is 114. The standard InChI is InChI=1S/C25H32O6.2C24H29ClO6.C23H25NO5.C21H21ClO5/c1-15-6-9-17(25-24(29)23(28)22(27)21(14-26)31-25)13-18(15)12-16-7-10-20(11-8-16)30-19-4-2-3-5-19;2*25-19-10-7-15(24-23(29)22(28)21(27)20(13-26)31-24)12-16(19)11-14-5-8-18(9-6-14)30-17-3-1-2-4-17;24-11-17-8-7-16(23-22(28)21(27)20(26)19(12-25)29-23)10-18(17)9-13-1-3-14(4-2-13)15-5-6-15;1-2-12-3-5-13(6-4-12)9-15-10-14(7-8-16(15)22)21-20(26)19(25)18(24)17(11-23)27-21/h6-11,13,19,21-29H,2-5,12,14H2,1H3;2*5-10,12,17,20-24,26-29H,1-4,11,13H2;1-4,7-8,10,15,19-23,25-28H,5-6,9,12H2;1,3-8,10,17-21,23-26H,9,11H2/t21-,22-,23+,24-,25+;2*20-,21-,22+,23-,24+;19-,20-,21+,22-,23+;17-,18-,19+,20-,21+/m11111/s1. The zero-order valence-electron chi connectivity index (χ0n) is 82.8. The van der Waals surface area contributed by atoms with E-state index in [1.165, 1.54) is 56.9 Å². The summed E-state index contributed by atoms with van der Waals surface area (Å²) >= 11 is 19.2. The third kappa shape index (κ3) is 28.8. The van der Waals surface area contributed by atoms with E-state index in [4.69, 9.17) is 79.1 Å². The minimum absolute atomic E-state index is 0.315. The van der Waals surface area contributed by atoms with Crippen LogP contribution in [0.5, 0.6) is 17.2 Å². The topological polar surface area (TPSA) is 502 Å². The smallest absolute Gasteiger partial charge is 0.119 e. The SMILES string of the molecule is C#Cc1ccc(Cc2cc([C@@H]3O[C@H](CO)[C@@H](O)[C@H](O)[C@H]3O)ccc2Cl)cc1.Cc1ccc([C@@H]2O[C@H](CO)[C@@H](O)[C@H](O)[C@H]2O)cc1Cc1ccc(OC2CCCC2)cc1.N#Cc1ccc([C@@H]2O[C@H](CO)[C@@H](O)[C@H](O)[C@H]2O)cc1Cc1ccc(C2CC2)cc1.OC[C@H]1O[C@@H](c2ccc(Cl)c(Cc3ccc(OC4CCCC4)cc3)c2)[C@H](O)[C@@H](O)[C@@H]1O.OC[C@H]1O[C@@H](c2ccc(Cl)c(Cc3ccc(OC4CCCC4)cc3)c2)[C@H](O)[C@@H](O)[C@@H]1O. The quantitative estimate of drug-likeness (QED) is 0.0213. The average molecular weight is 2110 g/mol. The number of aryl methyl sites for hydroxylation is 1. The summed E-state index contributed by atoms with van der Waals surface area (Å²) in [6.07, 6.45) is -3.74. The molecule has 10 aromatic rings. The van der Waals surface area contributed by atoms with Crippen molar-refractivity contribution in [2.45, 2.75) is 306 Å². The lowest BCUT2D eigenvalue weighted by Gasteiger charge is -2.40. The van der Waals surface area contributed by atoms with Crippen LogP contribution in [-0.2, 0) is 55.8 Å². The Morgan fingerprint density at radius 3 is 0.785 bits per heavy atom. The largest absolute Gasteiger partial charge is 0.490 e. The molecule has 0 radical (unpaired) electrons. The van der Waals surface area contributed by atoms with E-state index >= 15 is 0 Å². The fraction of sp³-hybridized carbons (Fsp3) is 0.462. The first-order valence-corrected chi connectivity index (χ1v) is 52.4. The van der Waals surface area contributed by atoms with Crippen LogP contribution in [-0.4, -0.2) is 276 Å². The molecule has 19 rings (SSSR count). The van der Waals surface area contributed by atoms with Crippen molar-refractivity contribution >= 4 is 34.8 Å². The number of hydrogen-bond donors (Lipinski definition) is 20. The molecule has 29 nitrogen and oxygen atoms in total. The van der Waals surface area contributed by atoms with Crippen molar-refractivity contribution in [2.75, 3.05) is 33.0 Å². The number of halogens is 3. The fourth-order valence-corrected chi connectivity index (χ4v) is 21.1. The molecule has 9 aliphatic rings. The molecule has 10 aromatic carbocycles. The predicted molar refractivity (Wildman–Crippen MR) is 555 cm³/mol. The number of nitriles is 1. The van der Waals surface area contributed by atoms with Gasteiger partial charge in [0.15, 0.2) is 0 Å². The highest BCUT2D eigenvalue weighted by molar-refractivity contribution is 6.32. The van der Waals surface area contributed by atoms with Crippen LogP contribution < -0.4 is 14.2 Å². The number of benzene rings is 10. The molecule has 798 valence electrons. The minimum Gasteiger partial charge on any atom is -0.490 e. The van der Waals surface area contributed by atoms with Crippen LogP contribution in [0.25, 0.3) is 0 Å². The molecule has 5 aliphatic heterocycles. The van der Waals surface area contributed by atoms with Gasteiger partial charge in [0.1, 0.15) is 170 Å². The van der Waals surface area contributed by atoms with Crippen molar-refractivity contribution in [1.29, 1.82) is 5.26 Å². The van der Waals surface area contributed by atoms with E-state index < -0.39 is 186 Å². The Labute approximate surface area is 882 Å². The van der Waals surface area contributed by atoms with Gasteiger partial charge in [-0.15, -0.1) is 6.42 Å². The van der Waals surface area contributed by atoms with Crippen molar-refractivity contribution in [3.05, 3.63) is 333 Å². The Bertz CT molecular complexity index is 5660. The fourth-order valence-electron chi connectivity index (χ4n) is 20.5. The van der Waals surface area contributed by atoms with Crippen molar-refractivity contribution < 1.29 is 140 Å². The molecule has 0 aromatic heterocycles. The summed E-state index contributed by atoms with van der Waals surface area (Å²) in [6.45, 7) is -0.269. The number of terminal acetylenes is 1. The Morgan fingerprint density at radius 2 is 0.517 bits per heavy atom. The molecule has 25 atom stereocenters. The molecule has 0 spiro atoms. The summed E-state index contributed by atoms with van der Waals surface area (Å²) < 4.78 is 46.4. The Balaban J connectivity index is 0.000000139. The lowest BCUT2D eigenvalue weighted by atomic mass is 9.89. The van der Waals surface area contributed by atoms with Gasteiger partial charge in [0, 0.05) is 20.6 Å². The molecule has 4 saturated carbocycles. The Morgan fingerprint density at radius 1 is 0.282 bits per heavy atom. The Hall–Kier alpha value is -9.48. The molecule has 5 saturated heterocycles. The van der Waals surface area contributed by atoms with E-state index in [9.17, 15) is 107 Å². The number of aliphatic hydroxyl groups is 20. The maximum atomic E-state index is 10.4. The van der Waals surface area contributed by atoms with Gasteiger partial charge in [-0.05, 0) is 302 Å². The van der Waals surface area contributed by atoms with Crippen molar-refractivity contribution in [1.82, 2.24) is 0 Å². The molecule has 0 amide bonds. The van der Waals surface area contributed by atoms with E-state index in [0.717, 1.165) is 123 Å². The molecule has 0 unspecified atom stereocenters. The van der Waals surface area contributed by atoms with Crippen LogP contribution in [0, 0.1) is 30.6 Å². The number of hydrogen-bond acceptors (Lipinski definition) is 29. The highest BCUT2D eigenvalue weighted by Gasteiger charge is 2.50. The van der Waals surface area contributed by atoms with Gasteiger partial charge in [-0.25, -0.2) is 0 Å². The monoisotopic (exact) mass is 2110 g/mol. The van der Waals surface area contributed by atoms with Gasteiger partial charge in [-0.3, -0.25) is 0 Å². The zero-order valence-corrected chi connectivity index (χ0v) is 85.1. The molecule has 5 heterocycles. The normalized spacial score (nSPS) is 29.0. The maximum absolute atomic E-state index is 10.4. The van der Waals surface area contributed by atoms with Crippen LogP contribution in [0.3, 0.4) is 0 Å². The number of ether oxygens (including phenoxy) is 8. The lowest BCUT2D eigenvalue weighted by Crippen LogP contribution is -2.55. The second-order valence-corrected chi connectivity index (χ2v) is 41.5. The molecular weight excluding hydrogens is 1970 g/mol. The minimum atomic E-state index is -1.43. The van der Waals surface area contributed by atoms with Crippen LogP contribution in [0.15, 0.2) is 212 Å². The van der Waals surface area contributed by atoms with Gasteiger partial charge in [0.05, 0.1) is 63.0 Å². The average Bonchev–Trinajstić information content (AvgIpc) is 1.55. The summed E-state index contributed by atoms with van der Waals surface area (Å²) in [4.78, 5) is 0. The van der Waals surface area contributed by atoms with Gasteiger partial charge in [-0.1, -0.05) is 180 Å². The van der Waals surface area contributed by atoms with E-state index in [0.29, 0.717) is 105 Å². The molecule has 149 heavy (non-hydrogen) atoms. The first-order chi connectivity index (χ1) is 71.8. The van der Waals surface area contributed by atoms with Crippen LogP contribution in [0.2, 0.25) is 15.1 Å². The summed E-state index contributed by atoms with van der Waals surface area (Å²) in [7, 11) is 0. The zero-order chi connectivity index (χ0) is 106. The number of rotatable bonds is 27. The van der Waals surface area contributed by atoms with E-state index in [1.54, 1.807) is 60.7 Å². The van der Waals surface area contributed by atoms with Crippen LogP contribution >= 0.6 is 34.8 Å². The number of nitrogens with zero attached hydrogens (tertiary/aromatic N) is 1. The highest BCUT2D eigenvalue weighted by Crippen LogP contribution is 2.44. The highest BCUT2D eigenvalue weighted by atomic mass is 35.5. The summed E-state index contributed by atoms with van der Waals surface area (Å²) in [5.41, 5.74) is 16.7. The lowest BCUT2D eigenvalue weighted by molar-refractivity contribution is -0.231. The summed E-state index contributed by atoms with van der Waals surface area (Å²) in [5.74, 6) is 5.91. The van der Waals surface area contributed by atoms with E-state index in [-0.39, 0.29) is 0 Å². The van der Waals surface area contributed by atoms with Crippen molar-refractivity contribution in [3.63, 3.8) is 0 Å². The molecule has 0 bridgehead atoms.